The molecule has 74 valence electrons. The fourth-order valence-corrected chi connectivity index (χ4v) is 1.05. The van der Waals surface area contributed by atoms with E-state index in [1.165, 1.54) is 26.4 Å². The molecule has 0 radical (unpaired) electrons. The number of carbonyl (C=O) groups excluding carboxylic acids is 2. The summed E-state index contributed by atoms with van der Waals surface area (Å²) in [6.07, 6.45) is 3.02. The van der Waals surface area contributed by atoms with E-state index in [1.54, 1.807) is 12.1 Å². The van der Waals surface area contributed by atoms with Crippen LogP contribution < -0.4 is 0 Å². The molecule has 0 spiro atoms. The summed E-state index contributed by atoms with van der Waals surface area (Å²) < 4.78 is 4.48. The van der Waals surface area contributed by atoms with Gasteiger partial charge in [-0.05, 0) is 19.1 Å². The summed E-state index contributed by atoms with van der Waals surface area (Å²) in [7, 11) is 1.26. The molecule has 0 aliphatic carbocycles. The third-order valence-electron chi connectivity index (χ3n) is 1.91. The van der Waals surface area contributed by atoms with Crippen LogP contribution in [-0.2, 0) is 9.53 Å². The summed E-state index contributed by atoms with van der Waals surface area (Å²) in [4.78, 5) is 26.5. The quantitative estimate of drug-likeness (QED) is 0.409. The van der Waals surface area contributed by atoms with Crippen LogP contribution in [0.2, 0.25) is 0 Å². The number of carbonyl (C=O) groups is 2. The van der Waals surface area contributed by atoms with Gasteiger partial charge in [0.2, 0.25) is 0 Å². The Kier molecular flexibility index (Phi) is 3.34. The van der Waals surface area contributed by atoms with Crippen molar-refractivity contribution in [1.29, 1.82) is 0 Å². The van der Waals surface area contributed by atoms with Crippen LogP contribution in [0.5, 0.6) is 0 Å². The second kappa shape index (κ2) is 4.50. The molecule has 14 heavy (non-hydrogen) atoms. The SMILES string of the molecule is COC(=O)C(C)C(=O)c1ccncc1. The van der Waals surface area contributed by atoms with Crippen LogP contribution in [0.25, 0.3) is 0 Å². The van der Waals surface area contributed by atoms with Crippen LogP contribution in [0.15, 0.2) is 24.5 Å². The van der Waals surface area contributed by atoms with E-state index in [0.717, 1.165) is 0 Å². The average Bonchev–Trinajstić information content (AvgIpc) is 2.27. The van der Waals surface area contributed by atoms with Crippen molar-refractivity contribution in [2.45, 2.75) is 6.92 Å². The Morgan fingerprint density at radius 2 is 1.93 bits per heavy atom. The molecule has 4 heteroatoms. The number of Topliss-reactive ketones (excluding diaryl/α,β-unsaturated/α-hetero) is 1. The van der Waals surface area contributed by atoms with Gasteiger partial charge in [-0.15, -0.1) is 0 Å². The Morgan fingerprint density at radius 3 is 2.43 bits per heavy atom. The van der Waals surface area contributed by atoms with Crippen molar-refractivity contribution >= 4 is 11.8 Å². The van der Waals surface area contributed by atoms with Gasteiger partial charge in [0, 0.05) is 18.0 Å². The Hall–Kier alpha value is -1.71. The lowest BCUT2D eigenvalue weighted by Gasteiger charge is -2.07. The zero-order valence-corrected chi connectivity index (χ0v) is 8.06. The zero-order valence-electron chi connectivity index (χ0n) is 8.06. The van der Waals surface area contributed by atoms with E-state index in [2.05, 4.69) is 9.72 Å². The highest BCUT2D eigenvalue weighted by molar-refractivity contribution is 6.08. The molecule has 0 N–H and O–H groups in total. The standard InChI is InChI=1S/C10H11NO3/c1-7(10(13)14-2)9(12)8-3-5-11-6-4-8/h3-7H,1-2H3. The molecule has 1 aromatic rings. The van der Waals surface area contributed by atoms with Gasteiger partial charge >= 0.3 is 5.97 Å². The van der Waals surface area contributed by atoms with E-state index in [0.29, 0.717) is 5.56 Å². The first kappa shape index (κ1) is 10.4. The smallest absolute Gasteiger partial charge is 0.316 e. The van der Waals surface area contributed by atoms with Crippen LogP contribution in [0.4, 0.5) is 0 Å². The summed E-state index contributed by atoms with van der Waals surface area (Å²) in [5, 5.41) is 0. The molecule has 0 saturated heterocycles. The Balaban J connectivity index is 2.81. The van der Waals surface area contributed by atoms with Crippen molar-refractivity contribution in [2.24, 2.45) is 5.92 Å². The fourth-order valence-electron chi connectivity index (χ4n) is 1.05. The number of pyridine rings is 1. The predicted octanol–water partition coefficient (Wildman–Crippen LogP) is 1.07. The normalized spacial score (nSPS) is 11.9. The number of ketones is 1. The Bertz CT molecular complexity index is 334. The molecular weight excluding hydrogens is 182 g/mol. The summed E-state index contributed by atoms with van der Waals surface area (Å²) >= 11 is 0. The Morgan fingerprint density at radius 1 is 1.36 bits per heavy atom. The number of ether oxygens (including phenoxy) is 1. The first-order valence-corrected chi connectivity index (χ1v) is 4.19. The van der Waals surface area contributed by atoms with E-state index in [9.17, 15) is 9.59 Å². The number of hydrogen-bond donors (Lipinski definition) is 0. The molecule has 0 saturated carbocycles. The molecule has 1 atom stereocenters. The number of rotatable bonds is 3. The summed E-state index contributed by atoms with van der Waals surface area (Å²) in [6, 6.07) is 3.14. The third kappa shape index (κ3) is 2.16. The molecule has 0 amide bonds. The molecule has 0 aliphatic heterocycles. The summed E-state index contributed by atoms with van der Waals surface area (Å²) in [6.45, 7) is 1.52. The Labute approximate surface area is 81.9 Å². The maximum absolute atomic E-state index is 11.6. The minimum atomic E-state index is -0.762. The second-order valence-corrected chi connectivity index (χ2v) is 2.84. The molecule has 0 bridgehead atoms. The molecular formula is C10H11NO3. The van der Waals surface area contributed by atoms with Crippen LogP contribution in [0, 0.1) is 5.92 Å². The largest absolute Gasteiger partial charge is 0.468 e. The summed E-state index contributed by atoms with van der Waals surface area (Å²) in [5.74, 6) is -1.53. The number of esters is 1. The first-order valence-electron chi connectivity index (χ1n) is 4.19. The van der Waals surface area contributed by atoms with Gasteiger partial charge in [0.1, 0.15) is 5.92 Å². The monoisotopic (exact) mass is 193 g/mol. The number of aromatic nitrogens is 1. The molecule has 0 aromatic carbocycles. The lowest BCUT2D eigenvalue weighted by Crippen LogP contribution is -2.22. The maximum Gasteiger partial charge on any atom is 0.316 e. The van der Waals surface area contributed by atoms with Gasteiger partial charge in [0.25, 0.3) is 0 Å². The van der Waals surface area contributed by atoms with Gasteiger partial charge in [-0.25, -0.2) is 0 Å². The van der Waals surface area contributed by atoms with E-state index in [1.807, 2.05) is 0 Å². The molecule has 1 unspecified atom stereocenters. The highest BCUT2D eigenvalue weighted by Crippen LogP contribution is 2.08. The number of nitrogens with zero attached hydrogens (tertiary/aromatic N) is 1. The van der Waals surface area contributed by atoms with Crippen LogP contribution in [-0.4, -0.2) is 23.8 Å². The lowest BCUT2D eigenvalue weighted by atomic mass is 10.0. The van der Waals surface area contributed by atoms with Gasteiger partial charge in [-0.3, -0.25) is 14.6 Å². The van der Waals surface area contributed by atoms with Gasteiger partial charge in [-0.2, -0.15) is 0 Å². The van der Waals surface area contributed by atoms with Crippen molar-refractivity contribution < 1.29 is 14.3 Å². The van der Waals surface area contributed by atoms with Gasteiger partial charge < -0.3 is 4.74 Å². The molecule has 1 aromatic heterocycles. The van der Waals surface area contributed by atoms with E-state index < -0.39 is 11.9 Å². The van der Waals surface area contributed by atoms with Crippen molar-refractivity contribution in [3.63, 3.8) is 0 Å². The molecule has 4 nitrogen and oxygen atoms in total. The molecule has 1 heterocycles. The van der Waals surface area contributed by atoms with Gasteiger partial charge in [0.05, 0.1) is 7.11 Å². The minimum Gasteiger partial charge on any atom is -0.468 e. The molecule has 1 rings (SSSR count). The van der Waals surface area contributed by atoms with Gasteiger partial charge in [0.15, 0.2) is 5.78 Å². The molecule has 0 aliphatic rings. The van der Waals surface area contributed by atoms with Crippen LogP contribution >= 0.6 is 0 Å². The van der Waals surface area contributed by atoms with E-state index in [4.69, 9.17) is 0 Å². The van der Waals surface area contributed by atoms with Crippen molar-refractivity contribution in [2.75, 3.05) is 7.11 Å². The van der Waals surface area contributed by atoms with Crippen LogP contribution in [0.1, 0.15) is 17.3 Å². The zero-order chi connectivity index (χ0) is 10.6. The van der Waals surface area contributed by atoms with Gasteiger partial charge in [-0.1, -0.05) is 0 Å². The maximum atomic E-state index is 11.6. The lowest BCUT2D eigenvalue weighted by molar-refractivity contribution is -0.143. The number of hydrogen-bond acceptors (Lipinski definition) is 4. The fraction of sp³-hybridized carbons (Fsp3) is 0.300. The minimum absolute atomic E-state index is 0.251. The predicted molar refractivity (Wildman–Crippen MR) is 49.7 cm³/mol. The average molecular weight is 193 g/mol. The second-order valence-electron chi connectivity index (χ2n) is 2.84. The van der Waals surface area contributed by atoms with Crippen molar-refractivity contribution in [3.05, 3.63) is 30.1 Å². The van der Waals surface area contributed by atoms with Crippen molar-refractivity contribution in [1.82, 2.24) is 4.98 Å². The highest BCUT2D eigenvalue weighted by atomic mass is 16.5. The topological polar surface area (TPSA) is 56.3 Å². The first-order chi connectivity index (χ1) is 6.66. The number of methoxy groups -OCH3 is 1. The van der Waals surface area contributed by atoms with Crippen molar-refractivity contribution in [3.8, 4) is 0 Å². The highest BCUT2D eigenvalue weighted by Gasteiger charge is 2.22. The van der Waals surface area contributed by atoms with E-state index >= 15 is 0 Å². The molecule has 0 fully saturated rings. The van der Waals surface area contributed by atoms with E-state index in [-0.39, 0.29) is 5.78 Å². The summed E-state index contributed by atoms with van der Waals surface area (Å²) in [5.41, 5.74) is 0.470. The van der Waals surface area contributed by atoms with Crippen LogP contribution in [0.3, 0.4) is 0 Å². The third-order valence-corrected chi connectivity index (χ3v) is 1.91.